The molecule has 2 atom stereocenters. The van der Waals surface area contributed by atoms with Crippen LogP contribution in [0.4, 0.5) is 4.79 Å². The van der Waals surface area contributed by atoms with Crippen molar-refractivity contribution in [2.24, 2.45) is 0 Å². The van der Waals surface area contributed by atoms with Gasteiger partial charge >= 0.3 is 6.09 Å². The number of benzene rings is 1. The van der Waals surface area contributed by atoms with Crippen LogP contribution in [0.15, 0.2) is 30.3 Å². The molecule has 1 aliphatic heterocycles. The first-order valence-electron chi connectivity index (χ1n) is 7.89. The highest BCUT2D eigenvalue weighted by Gasteiger charge is 2.43. The summed E-state index contributed by atoms with van der Waals surface area (Å²) in [6.45, 7) is 7.53. The van der Waals surface area contributed by atoms with E-state index in [1.165, 1.54) is 0 Å². The summed E-state index contributed by atoms with van der Waals surface area (Å²) >= 11 is 0. The van der Waals surface area contributed by atoms with Gasteiger partial charge in [0, 0.05) is 18.9 Å². The molecule has 1 heterocycles. The van der Waals surface area contributed by atoms with Gasteiger partial charge in [-0.25, -0.2) is 4.79 Å². The van der Waals surface area contributed by atoms with Gasteiger partial charge in [0.05, 0.1) is 6.04 Å². The van der Waals surface area contributed by atoms with Crippen LogP contribution >= 0.6 is 0 Å². The van der Waals surface area contributed by atoms with Crippen molar-refractivity contribution in [2.45, 2.75) is 64.6 Å². The van der Waals surface area contributed by atoms with Gasteiger partial charge in [0.1, 0.15) is 5.60 Å². The molecule has 2 rings (SSSR count). The Morgan fingerprint density at radius 1 is 1.27 bits per heavy atom. The van der Waals surface area contributed by atoms with Crippen molar-refractivity contribution in [1.82, 2.24) is 4.90 Å². The van der Waals surface area contributed by atoms with Crippen LogP contribution in [0, 0.1) is 0 Å². The van der Waals surface area contributed by atoms with Crippen molar-refractivity contribution >= 4 is 11.9 Å². The van der Waals surface area contributed by atoms with Gasteiger partial charge < -0.3 is 4.74 Å². The van der Waals surface area contributed by atoms with E-state index in [4.69, 9.17) is 4.74 Å². The Labute approximate surface area is 132 Å². The lowest BCUT2D eigenvalue weighted by Crippen LogP contribution is -2.46. The van der Waals surface area contributed by atoms with Crippen LogP contribution in [0.2, 0.25) is 0 Å². The second kappa shape index (κ2) is 6.51. The molecule has 1 amide bonds. The molecular weight excluding hydrogens is 278 g/mol. The van der Waals surface area contributed by atoms with Crippen LogP contribution in [-0.2, 0) is 16.0 Å². The first-order valence-corrected chi connectivity index (χ1v) is 7.89. The van der Waals surface area contributed by atoms with Crippen LogP contribution in [0.1, 0.15) is 46.1 Å². The average molecular weight is 303 g/mol. The number of carbonyl (C=O) groups is 2. The molecule has 1 aliphatic rings. The number of likely N-dealkylation sites (tertiary alicyclic amines) is 1. The lowest BCUT2D eigenvalue weighted by molar-refractivity contribution is -0.119. The molecule has 1 aromatic carbocycles. The van der Waals surface area contributed by atoms with Crippen LogP contribution in [-0.4, -0.2) is 34.5 Å². The predicted octanol–water partition coefficient (Wildman–Crippen LogP) is 3.59. The maximum atomic E-state index is 12.5. The van der Waals surface area contributed by atoms with Crippen molar-refractivity contribution in [1.29, 1.82) is 0 Å². The van der Waals surface area contributed by atoms with E-state index < -0.39 is 11.6 Å². The fourth-order valence-electron chi connectivity index (χ4n) is 2.86. The highest BCUT2D eigenvalue weighted by molar-refractivity contribution is 5.91. The standard InChI is InChI=1S/C18H25NO3/c1-5-14-12-16(20)15(11-13-9-7-6-8-10-13)19(14)17(21)22-18(2,3)4/h6-10,14-15H,5,11-12H2,1-4H3. The fourth-order valence-corrected chi connectivity index (χ4v) is 2.86. The van der Waals surface area contributed by atoms with Gasteiger partial charge in [-0.2, -0.15) is 0 Å². The number of carbonyl (C=O) groups excluding carboxylic acids is 2. The van der Waals surface area contributed by atoms with E-state index >= 15 is 0 Å². The van der Waals surface area contributed by atoms with E-state index in [0.717, 1.165) is 12.0 Å². The molecule has 1 aromatic rings. The summed E-state index contributed by atoms with van der Waals surface area (Å²) in [5.74, 6) is 0.126. The maximum Gasteiger partial charge on any atom is 0.411 e. The fraction of sp³-hybridized carbons (Fsp3) is 0.556. The molecule has 0 radical (unpaired) electrons. The molecule has 0 N–H and O–H groups in total. The van der Waals surface area contributed by atoms with Gasteiger partial charge in [-0.05, 0) is 32.8 Å². The van der Waals surface area contributed by atoms with Crippen molar-refractivity contribution < 1.29 is 14.3 Å². The maximum absolute atomic E-state index is 12.5. The summed E-state index contributed by atoms with van der Waals surface area (Å²) in [7, 11) is 0. The minimum atomic E-state index is -0.557. The van der Waals surface area contributed by atoms with Crippen molar-refractivity contribution in [3.05, 3.63) is 35.9 Å². The number of ether oxygens (including phenoxy) is 1. The largest absolute Gasteiger partial charge is 0.444 e. The number of hydrogen-bond acceptors (Lipinski definition) is 3. The van der Waals surface area contributed by atoms with Crippen molar-refractivity contribution in [2.75, 3.05) is 0 Å². The highest BCUT2D eigenvalue weighted by atomic mass is 16.6. The molecule has 0 spiro atoms. The molecule has 0 saturated carbocycles. The van der Waals surface area contributed by atoms with Crippen LogP contribution in [0.25, 0.3) is 0 Å². The number of amides is 1. The van der Waals surface area contributed by atoms with Gasteiger partial charge in [0.15, 0.2) is 5.78 Å². The average Bonchev–Trinajstić information content (AvgIpc) is 2.75. The van der Waals surface area contributed by atoms with Crippen LogP contribution < -0.4 is 0 Å². The zero-order valence-electron chi connectivity index (χ0n) is 13.8. The van der Waals surface area contributed by atoms with Crippen molar-refractivity contribution in [3.63, 3.8) is 0 Å². The number of ketones is 1. The third-order valence-electron chi connectivity index (χ3n) is 3.89. The van der Waals surface area contributed by atoms with E-state index in [1.807, 2.05) is 58.0 Å². The Hall–Kier alpha value is -1.84. The molecule has 22 heavy (non-hydrogen) atoms. The van der Waals surface area contributed by atoms with E-state index in [-0.39, 0.29) is 17.9 Å². The van der Waals surface area contributed by atoms with Gasteiger partial charge in [0.2, 0.25) is 0 Å². The second-order valence-electron chi connectivity index (χ2n) is 6.83. The number of nitrogens with zero attached hydrogens (tertiary/aromatic N) is 1. The lowest BCUT2D eigenvalue weighted by Gasteiger charge is -2.31. The summed E-state index contributed by atoms with van der Waals surface area (Å²) in [4.78, 5) is 26.6. The first-order chi connectivity index (χ1) is 10.3. The van der Waals surface area contributed by atoms with E-state index in [9.17, 15) is 9.59 Å². The van der Waals surface area contributed by atoms with E-state index in [2.05, 4.69) is 0 Å². The third kappa shape index (κ3) is 3.87. The number of rotatable bonds is 3. The smallest absolute Gasteiger partial charge is 0.411 e. The zero-order chi connectivity index (χ0) is 16.3. The summed E-state index contributed by atoms with van der Waals surface area (Å²) in [5.41, 5.74) is 0.504. The quantitative estimate of drug-likeness (QED) is 0.857. The Balaban J connectivity index is 2.21. The SMILES string of the molecule is CCC1CC(=O)C(Cc2ccccc2)N1C(=O)OC(C)(C)C. The Kier molecular flexibility index (Phi) is 4.89. The molecule has 0 aliphatic carbocycles. The van der Waals surface area contributed by atoms with E-state index in [0.29, 0.717) is 12.8 Å². The first kappa shape index (κ1) is 16.5. The van der Waals surface area contributed by atoms with Gasteiger partial charge in [-0.15, -0.1) is 0 Å². The molecule has 1 saturated heterocycles. The van der Waals surface area contributed by atoms with Gasteiger partial charge in [0.25, 0.3) is 0 Å². The minimum absolute atomic E-state index is 0.0592. The Morgan fingerprint density at radius 3 is 2.45 bits per heavy atom. The van der Waals surface area contributed by atoms with E-state index in [1.54, 1.807) is 4.90 Å². The number of hydrogen-bond donors (Lipinski definition) is 0. The lowest BCUT2D eigenvalue weighted by atomic mass is 10.0. The molecule has 2 unspecified atom stereocenters. The summed E-state index contributed by atoms with van der Waals surface area (Å²) in [5, 5.41) is 0. The summed E-state index contributed by atoms with van der Waals surface area (Å²) in [6.07, 6.45) is 1.35. The van der Waals surface area contributed by atoms with Gasteiger partial charge in [-0.3, -0.25) is 9.69 Å². The summed E-state index contributed by atoms with van der Waals surface area (Å²) in [6, 6.07) is 9.34. The molecule has 4 nitrogen and oxygen atoms in total. The number of Topliss-reactive ketones (excluding diaryl/α,β-unsaturated/α-hetero) is 1. The van der Waals surface area contributed by atoms with Crippen LogP contribution in [0.3, 0.4) is 0 Å². The monoisotopic (exact) mass is 303 g/mol. The normalized spacial score (nSPS) is 22.0. The third-order valence-corrected chi connectivity index (χ3v) is 3.89. The zero-order valence-corrected chi connectivity index (χ0v) is 13.8. The van der Waals surface area contributed by atoms with Gasteiger partial charge in [-0.1, -0.05) is 37.3 Å². The molecule has 0 aromatic heterocycles. The van der Waals surface area contributed by atoms with Crippen LogP contribution in [0.5, 0.6) is 0 Å². The molecule has 1 fully saturated rings. The Morgan fingerprint density at radius 2 is 1.91 bits per heavy atom. The highest BCUT2D eigenvalue weighted by Crippen LogP contribution is 2.28. The molecule has 0 bridgehead atoms. The topological polar surface area (TPSA) is 46.6 Å². The second-order valence-corrected chi connectivity index (χ2v) is 6.83. The molecule has 4 heteroatoms. The minimum Gasteiger partial charge on any atom is -0.444 e. The summed E-state index contributed by atoms with van der Waals surface area (Å²) < 4.78 is 5.50. The van der Waals surface area contributed by atoms with Crippen molar-refractivity contribution in [3.8, 4) is 0 Å². The predicted molar refractivity (Wildman–Crippen MR) is 85.7 cm³/mol. The Bertz CT molecular complexity index is 533. The molecule has 120 valence electrons. The molecular formula is C18H25NO3.